The summed E-state index contributed by atoms with van der Waals surface area (Å²) in [4.78, 5) is 11.9. The van der Waals surface area contributed by atoms with Crippen LogP contribution in [-0.4, -0.2) is 17.7 Å². The van der Waals surface area contributed by atoms with Crippen LogP contribution in [-0.2, 0) is 11.2 Å². The molecular formula is C21H25NO2. The summed E-state index contributed by atoms with van der Waals surface area (Å²) >= 11 is 0. The van der Waals surface area contributed by atoms with Gasteiger partial charge in [0, 0.05) is 0 Å². The molecule has 0 bridgehead atoms. The zero-order chi connectivity index (χ0) is 17.6. The van der Waals surface area contributed by atoms with E-state index in [1.54, 1.807) is 6.08 Å². The zero-order valence-corrected chi connectivity index (χ0v) is 14.6. The standard InChI is InChI=1S/C21H25NO2/c1-5-19(22-20(23)24-21(2,3)4)15-16-11-13-18(14-12-16)17-9-7-6-8-10-17/h5-14,19H,1,15H2,2-4H3,(H,22,23)/t19-/m0/s1. The second-order valence-electron chi connectivity index (χ2n) is 6.76. The molecule has 126 valence electrons. The minimum absolute atomic E-state index is 0.164. The summed E-state index contributed by atoms with van der Waals surface area (Å²) in [6, 6.07) is 18.4. The van der Waals surface area contributed by atoms with Crippen molar-refractivity contribution in [2.24, 2.45) is 0 Å². The Morgan fingerprint density at radius 3 is 2.21 bits per heavy atom. The lowest BCUT2D eigenvalue weighted by Crippen LogP contribution is -2.39. The predicted octanol–water partition coefficient (Wildman–Crippen LogP) is 4.98. The number of rotatable bonds is 5. The highest BCUT2D eigenvalue weighted by atomic mass is 16.6. The number of nitrogens with one attached hydrogen (secondary N) is 1. The van der Waals surface area contributed by atoms with Crippen molar-refractivity contribution in [3.8, 4) is 11.1 Å². The molecular weight excluding hydrogens is 298 g/mol. The monoisotopic (exact) mass is 323 g/mol. The number of amides is 1. The maximum Gasteiger partial charge on any atom is 0.408 e. The summed E-state index contributed by atoms with van der Waals surface area (Å²) in [5.74, 6) is 0. The van der Waals surface area contributed by atoms with Crippen molar-refractivity contribution >= 4 is 6.09 Å². The molecule has 0 unspecified atom stereocenters. The van der Waals surface area contributed by atoms with Crippen LogP contribution in [0.3, 0.4) is 0 Å². The van der Waals surface area contributed by atoms with Crippen molar-refractivity contribution in [1.82, 2.24) is 5.32 Å². The van der Waals surface area contributed by atoms with Gasteiger partial charge in [0.1, 0.15) is 5.60 Å². The Morgan fingerprint density at radius 2 is 1.67 bits per heavy atom. The van der Waals surface area contributed by atoms with E-state index in [4.69, 9.17) is 4.74 Å². The summed E-state index contributed by atoms with van der Waals surface area (Å²) in [5, 5.41) is 2.84. The van der Waals surface area contributed by atoms with Crippen molar-refractivity contribution in [2.45, 2.75) is 38.8 Å². The molecule has 3 heteroatoms. The van der Waals surface area contributed by atoms with Gasteiger partial charge in [-0.15, -0.1) is 6.58 Å². The molecule has 0 radical (unpaired) electrons. The molecule has 0 saturated heterocycles. The first-order valence-electron chi connectivity index (χ1n) is 8.14. The van der Waals surface area contributed by atoms with Crippen LogP contribution in [0, 0.1) is 0 Å². The highest BCUT2D eigenvalue weighted by Crippen LogP contribution is 2.19. The third kappa shape index (κ3) is 5.58. The minimum atomic E-state index is -0.507. The SMILES string of the molecule is C=C[C@@H](Cc1ccc(-c2ccccc2)cc1)NC(=O)OC(C)(C)C. The smallest absolute Gasteiger partial charge is 0.408 e. The first-order chi connectivity index (χ1) is 11.4. The van der Waals surface area contributed by atoms with E-state index >= 15 is 0 Å². The maximum atomic E-state index is 11.9. The quantitative estimate of drug-likeness (QED) is 0.788. The van der Waals surface area contributed by atoms with Crippen molar-refractivity contribution < 1.29 is 9.53 Å². The predicted molar refractivity (Wildman–Crippen MR) is 98.9 cm³/mol. The van der Waals surface area contributed by atoms with E-state index in [2.05, 4.69) is 48.3 Å². The molecule has 0 aliphatic heterocycles. The molecule has 0 saturated carbocycles. The summed E-state index contributed by atoms with van der Waals surface area (Å²) in [6.07, 6.45) is 1.99. The Hall–Kier alpha value is -2.55. The van der Waals surface area contributed by atoms with Crippen LogP contribution in [0.2, 0.25) is 0 Å². The van der Waals surface area contributed by atoms with E-state index in [0.717, 1.165) is 5.56 Å². The molecule has 0 fully saturated rings. The first kappa shape index (κ1) is 17.8. The molecule has 0 aromatic heterocycles. The maximum absolute atomic E-state index is 11.9. The highest BCUT2D eigenvalue weighted by molar-refractivity contribution is 5.68. The fourth-order valence-electron chi connectivity index (χ4n) is 2.37. The number of alkyl carbamates (subject to hydrolysis) is 1. The van der Waals surface area contributed by atoms with Crippen LogP contribution in [0.4, 0.5) is 4.79 Å². The average Bonchev–Trinajstić information content (AvgIpc) is 2.54. The van der Waals surface area contributed by atoms with E-state index in [0.29, 0.717) is 6.42 Å². The molecule has 1 N–H and O–H groups in total. The zero-order valence-electron chi connectivity index (χ0n) is 14.6. The highest BCUT2D eigenvalue weighted by Gasteiger charge is 2.18. The average molecular weight is 323 g/mol. The minimum Gasteiger partial charge on any atom is -0.444 e. The third-order valence-electron chi connectivity index (χ3n) is 3.50. The topological polar surface area (TPSA) is 38.3 Å². The largest absolute Gasteiger partial charge is 0.444 e. The number of carbonyl (C=O) groups is 1. The van der Waals surface area contributed by atoms with Gasteiger partial charge in [0.2, 0.25) is 0 Å². The Balaban J connectivity index is 1.98. The van der Waals surface area contributed by atoms with Gasteiger partial charge in [-0.05, 0) is 43.9 Å². The van der Waals surface area contributed by atoms with Crippen LogP contribution >= 0.6 is 0 Å². The second kappa shape index (κ2) is 7.82. The van der Waals surface area contributed by atoms with Crippen LogP contribution in [0.15, 0.2) is 67.3 Å². The Bertz CT molecular complexity index is 669. The Labute approximate surface area is 144 Å². The molecule has 0 spiro atoms. The van der Waals surface area contributed by atoms with E-state index in [1.807, 2.05) is 39.0 Å². The fraction of sp³-hybridized carbons (Fsp3) is 0.286. The van der Waals surface area contributed by atoms with Gasteiger partial charge in [0.15, 0.2) is 0 Å². The Morgan fingerprint density at radius 1 is 1.08 bits per heavy atom. The molecule has 2 aromatic rings. The number of benzene rings is 2. The lowest BCUT2D eigenvalue weighted by Gasteiger charge is -2.22. The lowest BCUT2D eigenvalue weighted by atomic mass is 10.0. The van der Waals surface area contributed by atoms with Gasteiger partial charge in [-0.1, -0.05) is 60.7 Å². The molecule has 2 rings (SSSR count). The van der Waals surface area contributed by atoms with Gasteiger partial charge in [0.05, 0.1) is 6.04 Å². The number of hydrogen-bond acceptors (Lipinski definition) is 2. The van der Waals surface area contributed by atoms with Gasteiger partial charge in [-0.2, -0.15) is 0 Å². The van der Waals surface area contributed by atoms with E-state index in [-0.39, 0.29) is 6.04 Å². The van der Waals surface area contributed by atoms with Crippen molar-refractivity contribution in [2.75, 3.05) is 0 Å². The van der Waals surface area contributed by atoms with Gasteiger partial charge in [0.25, 0.3) is 0 Å². The van der Waals surface area contributed by atoms with Crippen LogP contribution in [0.25, 0.3) is 11.1 Å². The second-order valence-corrected chi connectivity index (χ2v) is 6.76. The Kier molecular flexibility index (Phi) is 5.80. The first-order valence-corrected chi connectivity index (χ1v) is 8.14. The van der Waals surface area contributed by atoms with Crippen LogP contribution in [0.5, 0.6) is 0 Å². The number of hydrogen-bond donors (Lipinski definition) is 1. The van der Waals surface area contributed by atoms with Crippen LogP contribution in [0.1, 0.15) is 26.3 Å². The molecule has 2 aromatic carbocycles. The molecule has 1 amide bonds. The normalized spacial score (nSPS) is 12.3. The number of carbonyl (C=O) groups excluding carboxylic acids is 1. The van der Waals surface area contributed by atoms with E-state index in [1.165, 1.54) is 11.1 Å². The summed E-state index contributed by atoms with van der Waals surface area (Å²) in [5.41, 5.74) is 2.99. The molecule has 1 atom stereocenters. The van der Waals surface area contributed by atoms with Gasteiger partial charge < -0.3 is 10.1 Å². The molecule has 0 heterocycles. The molecule has 0 aliphatic carbocycles. The van der Waals surface area contributed by atoms with Crippen molar-refractivity contribution in [1.29, 1.82) is 0 Å². The fourth-order valence-corrected chi connectivity index (χ4v) is 2.37. The van der Waals surface area contributed by atoms with Crippen molar-refractivity contribution in [3.05, 3.63) is 72.8 Å². The van der Waals surface area contributed by atoms with Gasteiger partial charge >= 0.3 is 6.09 Å². The molecule has 24 heavy (non-hydrogen) atoms. The van der Waals surface area contributed by atoms with Crippen LogP contribution < -0.4 is 5.32 Å². The van der Waals surface area contributed by atoms with Gasteiger partial charge in [-0.3, -0.25) is 0 Å². The van der Waals surface area contributed by atoms with Crippen molar-refractivity contribution in [3.63, 3.8) is 0 Å². The van der Waals surface area contributed by atoms with E-state index in [9.17, 15) is 4.79 Å². The summed E-state index contributed by atoms with van der Waals surface area (Å²) < 4.78 is 5.29. The summed E-state index contributed by atoms with van der Waals surface area (Å²) in [7, 11) is 0. The summed E-state index contributed by atoms with van der Waals surface area (Å²) in [6.45, 7) is 9.34. The van der Waals surface area contributed by atoms with E-state index < -0.39 is 11.7 Å². The third-order valence-corrected chi connectivity index (χ3v) is 3.50. The van der Waals surface area contributed by atoms with Gasteiger partial charge in [-0.25, -0.2) is 4.79 Å². The molecule has 3 nitrogen and oxygen atoms in total. The number of ether oxygens (including phenoxy) is 1. The molecule has 0 aliphatic rings. The lowest BCUT2D eigenvalue weighted by molar-refractivity contribution is 0.0514.